The summed E-state index contributed by atoms with van der Waals surface area (Å²) in [5, 5.41) is 11.2. The van der Waals surface area contributed by atoms with E-state index in [-0.39, 0.29) is 17.2 Å². The topological polar surface area (TPSA) is 88.9 Å². The molecule has 2 amide bonds. The quantitative estimate of drug-likeness (QED) is 0.475. The third kappa shape index (κ3) is 4.23. The Hall–Kier alpha value is -2.72. The zero-order chi connectivity index (χ0) is 19.5. The van der Waals surface area contributed by atoms with E-state index in [4.69, 9.17) is 0 Å². The summed E-state index contributed by atoms with van der Waals surface area (Å²) in [4.78, 5) is 25.1. The summed E-state index contributed by atoms with van der Waals surface area (Å²) < 4.78 is 15.0. The fraction of sp³-hybridized carbons (Fsp3) is 0.222. The number of halogens is 1. The van der Waals surface area contributed by atoms with Crippen LogP contribution < -0.4 is 10.9 Å². The van der Waals surface area contributed by atoms with E-state index < -0.39 is 11.7 Å². The van der Waals surface area contributed by atoms with Crippen LogP contribution in [0.1, 0.15) is 29.2 Å². The molecule has 1 saturated carbocycles. The second-order valence-corrected chi connectivity index (χ2v) is 8.07. The Morgan fingerprint density at radius 1 is 1.18 bits per heavy atom. The summed E-state index contributed by atoms with van der Waals surface area (Å²) in [5.74, 6) is -0.412. The highest BCUT2D eigenvalue weighted by molar-refractivity contribution is 7.99. The maximum absolute atomic E-state index is 12.9. The number of benzene rings is 1. The number of rotatable bonds is 6. The number of carbonyl (C=O) groups excluding carboxylic acids is 2. The second kappa shape index (κ2) is 8.11. The Morgan fingerprint density at radius 3 is 2.64 bits per heavy atom. The number of aromatic nitrogens is 3. The normalized spacial score (nSPS) is 13.3. The van der Waals surface area contributed by atoms with Gasteiger partial charge in [0.25, 0.3) is 5.91 Å². The van der Waals surface area contributed by atoms with Crippen LogP contribution in [0.25, 0.3) is 10.7 Å². The molecule has 1 aliphatic carbocycles. The van der Waals surface area contributed by atoms with Crippen LogP contribution in [-0.2, 0) is 4.79 Å². The minimum atomic E-state index is -0.514. The first-order chi connectivity index (χ1) is 13.6. The molecule has 0 saturated heterocycles. The van der Waals surface area contributed by atoms with Crippen molar-refractivity contribution in [2.45, 2.75) is 24.0 Å². The number of carbonyl (C=O) groups is 2. The zero-order valence-corrected chi connectivity index (χ0v) is 16.2. The van der Waals surface area contributed by atoms with E-state index in [2.05, 4.69) is 25.6 Å². The molecule has 10 heteroatoms. The van der Waals surface area contributed by atoms with Crippen LogP contribution in [-0.4, -0.2) is 32.3 Å². The molecule has 4 rings (SSSR count). The SMILES string of the molecule is O=C(CSc1nnc(-c2cccs2)n1C1CC1)NNC(=O)c1ccc(F)cc1. The van der Waals surface area contributed by atoms with Crippen LogP contribution in [0.2, 0.25) is 0 Å². The molecule has 0 atom stereocenters. The van der Waals surface area contributed by atoms with Gasteiger partial charge in [-0.1, -0.05) is 17.8 Å². The smallest absolute Gasteiger partial charge is 0.269 e. The van der Waals surface area contributed by atoms with Gasteiger partial charge < -0.3 is 0 Å². The number of nitrogens with one attached hydrogen (secondary N) is 2. The molecule has 0 radical (unpaired) electrons. The van der Waals surface area contributed by atoms with E-state index in [1.807, 2.05) is 17.5 Å². The maximum atomic E-state index is 12.9. The standard InChI is InChI=1S/C18H16FN5O2S2/c19-12-5-3-11(4-6-12)17(26)22-20-15(25)10-28-18-23-21-16(14-2-1-9-27-14)24(18)13-7-8-13/h1-6,9,13H,7-8,10H2,(H,20,25)(H,22,26). The fourth-order valence-electron chi connectivity index (χ4n) is 2.58. The predicted octanol–water partition coefficient (Wildman–Crippen LogP) is 3.03. The van der Waals surface area contributed by atoms with Gasteiger partial charge in [0.05, 0.1) is 10.6 Å². The summed E-state index contributed by atoms with van der Waals surface area (Å²) in [6.45, 7) is 0. The van der Waals surface area contributed by atoms with Crippen LogP contribution >= 0.6 is 23.1 Å². The molecular weight excluding hydrogens is 401 g/mol. The Labute approximate surface area is 168 Å². The highest BCUT2D eigenvalue weighted by Crippen LogP contribution is 2.41. The van der Waals surface area contributed by atoms with Crippen LogP contribution in [0.3, 0.4) is 0 Å². The molecule has 2 aromatic heterocycles. The van der Waals surface area contributed by atoms with Gasteiger partial charge in [0.2, 0.25) is 5.91 Å². The predicted molar refractivity (Wildman–Crippen MR) is 104 cm³/mol. The molecule has 1 fully saturated rings. The summed E-state index contributed by atoms with van der Waals surface area (Å²) in [5.41, 5.74) is 4.93. The van der Waals surface area contributed by atoms with Crippen molar-refractivity contribution in [1.82, 2.24) is 25.6 Å². The first-order valence-electron chi connectivity index (χ1n) is 8.58. The van der Waals surface area contributed by atoms with Gasteiger partial charge in [0.15, 0.2) is 11.0 Å². The van der Waals surface area contributed by atoms with E-state index in [1.54, 1.807) is 11.3 Å². The lowest BCUT2D eigenvalue weighted by atomic mass is 10.2. The number of thiophene rings is 1. The third-order valence-corrected chi connectivity index (χ3v) is 5.88. The van der Waals surface area contributed by atoms with E-state index in [9.17, 15) is 14.0 Å². The molecule has 28 heavy (non-hydrogen) atoms. The highest BCUT2D eigenvalue weighted by Gasteiger charge is 2.30. The van der Waals surface area contributed by atoms with Gasteiger partial charge in [-0.05, 0) is 48.6 Å². The van der Waals surface area contributed by atoms with E-state index in [0.717, 1.165) is 23.5 Å². The van der Waals surface area contributed by atoms with Gasteiger partial charge >= 0.3 is 0 Å². The molecule has 144 valence electrons. The molecule has 1 aromatic carbocycles. The number of thioether (sulfide) groups is 1. The van der Waals surface area contributed by atoms with Crippen LogP contribution in [0, 0.1) is 5.82 Å². The monoisotopic (exact) mass is 417 g/mol. The minimum absolute atomic E-state index is 0.0823. The Morgan fingerprint density at radius 2 is 1.96 bits per heavy atom. The lowest BCUT2D eigenvalue weighted by Crippen LogP contribution is -2.42. The Balaban J connectivity index is 1.34. The number of hydrazine groups is 1. The van der Waals surface area contributed by atoms with Gasteiger partial charge in [-0.15, -0.1) is 21.5 Å². The lowest BCUT2D eigenvalue weighted by molar-refractivity contribution is -0.119. The van der Waals surface area contributed by atoms with Crippen molar-refractivity contribution < 1.29 is 14.0 Å². The molecule has 0 unspecified atom stereocenters. The molecule has 0 bridgehead atoms. The van der Waals surface area contributed by atoms with Crippen LogP contribution in [0.15, 0.2) is 46.9 Å². The van der Waals surface area contributed by atoms with Gasteiger partial charge in [0, 0.05) is 11.6 Å². The van der Waals surface area contributed by atoms with Gasteiger partial charge in [-0.25, -0.2) is 4.39 Å². The zero-order valence-electron chi connectivity index (χ0n) is 14.6. The largest absolute Gasteiger partial charge is 0.298 e. The van der Waals surface area contributed by atoms with E-state index >= 15 is 0 Å². The van der Waals surface area contributed by atoms with Crippen molar-refractivity contribution in [3.8, 4) is 10.7 Å². The number of hydrogen-bond donors (Lipinski definition) is 2. The molecule has 0 aliphatic heterocycles. The van der Waals surface area contributed by atoms with Crippen LogP contribution in [0.4, 0.5) is 4.39 Å². The molecule has 2 N–H and O–H groups in total. The Bertz CT molecular complexity index is 984. The minimum Gasteiger partial charge on any atom is -0.298 e. The molecule has 3 aromatic rings. The first-order valence-corrected chi connectivity index (χ1v) is 10.4. The number of nitrogens with zero attached hydrogens (tertiary/aromatic N) is 3. The van der Waals surface area contributed by atoms with E-state index in [1.165, 1.54) is 36.0 Å². The second-order valence-electron chi connectivity index (χ2n) is 6.18. The summed E-state index contributed by atoms with van der Waals surface area (Å²) >= 11 is 2.87. The van der Waals surface area contributed by atoms with Crippen molar-refractivity contribution in [3.05, 3.63) is 53.2 Å². The van der Waals surface area contributed by atoms with Crippen molar-refractivity contribution in [2.75, 3.05) is 5.75 Å². The fourth-order valence-corrected chi connectivity index (χ4v) is 4.09. The van der Waals surface area contributed by atoms with E-state index in [0.29, 0.717) is 11.2 Å². The summed E-state index contributed by atoms with van der Waals surface area (Å²) in [6.07, 6.45) is 2.15. The van der Waals surface area contributed by atoms with Gasteiger partial charge in [0.1, 0.15) is 5.82 Å². The lowest BCUT2D eigenvalue weighted by Gasteiger charge is -2.09. The Kier molecular flexibility index (Phi) is 5.40. The van der Waals surface area contributed by atoms with Gasteiger partial charge in [-0.3, -0.25) is 25.0 Å². The summed E-state index contributed by atoms with van der Waals surface area (Å²) in [6, 6.07) is 9.39. The number of hydrogen-bond acceptors (Lipinski definition) is 6. The van der Waals surface area contributed by atoms with Gasteiger partial charge in [-0.2, -0.15) is 0 Å². The maximum Gasteiger partial charge on any atom is 0.269 e. The van der Waals surface area contributed by atoms with Crippen molar-refractivity contribution in [1.29, 1.82) is 0 Å². The van der Waals surface area contributed by atoms with Crippen LogP contribution in [0.5, 0.6) is 0 Å². The number of amides is 2. The molecule has 1 aliphatic rings. The first kappa shape index (κ1) is 18.6. The highest BCUT2D eigenvalue weighted by atomic mass is 32.2. The van der Waals surface area contributed by atoms with Crippen molar-refractivity contribution in [2.24, 2.45) is 0 Å². The molecule has 7 nitrogen and oxygen atoms in total. The third-order valence-electron chi connectivity index (χ3n) is 4.07. The average molecular weight is 417 g/mol. The average Bonchev–Trinajstić information content (AvgIpc) is 3.22. The molecule has 0 spiro atoms. The van der Waals surface area contributed by atoms with Crippen molar-refractivity contribution in [3.63, 3.8) is 0 Å². The molecular formula is C18H16FN5O2S2. The summed E-state index contributed by atoms with van der Waals surface area (Å²) in [7, 11) is 0. The molecule has 2 heterocycles. The van der Waals surface area contributed by atoms with Crippen molar-refractivity contribution >= 4 is 34.9 Å².